The number of aromatic nitrogens is 1. The Hall–Kier alpha value is -3.51. The third-order valence-electron chi connectivity index (χ3n) is 5.49. The molecule has 1 aromatic heterocycles. The standard InChI is InChI=1S/C27H25FN2O2S/c1-2-6-22(26(31)32)17-29-27-30-24(25(33-27)21-7-4-3-5-8-21)20-11-9-18(10-12-20)19-13-15-23(28)16-14-19/h3-5,7-16,22H,2,6,17H2,1H3,(H,29,30)(H,31,32). The second kappa shape index (κ2) is 10.4. The van der Waals surface area contributed by atoms with E-state index >= 15 is 0 Å². The van der Waals surface area contributed by atoms with Crippen LogP contribution in [0.1, 0.15) is 19.8 Å². The van der Waals surface area contributed by atoms with E-state index in [9.17, 15) is 14.3 Å². The van der Waals surface area contributed by atoms with Crippen molar-refractivity contribution in [1.82, 2.24) is 4.98 Å². The van der Waals surface area contributed by atoms with Crippen LogP contribution in [-0.4, -0.2) is 22.6 Å². The van der Waals surface area contributed by atoms with Gasteiger partial charge in [0.1, 0.15) is 5.82 Å². The molecule has 1 heterocycles. The number of carbonyl (C=O) groups is 1. The first-order valence-corrected chi connectivity index (χ1v) is 11.8. The number of thiazole rings is 1. The molecule has 168 valence electrons. The summed E-state index contributed by atoms with van der Waals surface area (Å²) in [6, 6.07) is 24.5. The van der Waals surface area contributed by atoms with Crippen LogP contribution in [0.4, 0.5) is 9.52 Å². The second-order valence-corrected chi connectivity index (χ2v) is 8.85. The second-order valence-electron chi connectivity index (χ2n) is 7.85. The Balaban J connectivity index is 1.65. The van der Waals surface area contributed by atoms with Crippen LogP contribution < -0.4 is 5.32 Å². The van der Waals surface area contributed by atoms with Crippen molar-refractivity contribution in [3.8, 4) is 32.8 Å². The van der Waals surface area contributed by atoms with Gasteiger partial charge < -0.3 is 10.4 Å². The van der Waals surface area contributed by atoms with E-state index in [1.165, 1.54) is 23.5 Å². The lowest BCUT2D eigenvalue weighted by Gasteiger charge is -2.11. The molecule has 4 nitrogen and oxygen atoms in total. The molecule has 1 unspecified atom stereocenters. The zero-order valence-electron chi connectivity index (χ0n) is 18.3. The summed E-state index contributed by atoms with van der Waals surface area (Å²) in [5.74, 6) is -1.49. The number of hydrogen-bond donors (Lipinski definition) is 2. The normalized spacial score (nSPS) is 11.8. The minimum atomic E-state index is -0.791. The van der Waals surface area contributed by atoms with Gasteiger partial charge in [-0.3, -0.25) is 4.79 Å². The van der Waals surface area contributed by atoms with Gasteiger partial charge in [0.2, 0.25) is 0 Å². The van der Waals surface area contributed by atoms with Gasteiger partial charge in [-0.2, -0.15) is 0 Å². The van der Waals surface area contributed by atoms with Gasteiger partial charge in [0.15, 0.2) is 5.13 Å². The van der Waals surface area contributed by atoms with Gasteiger partial charge >= 0.3 is 5.97 Å². The number of benzene rings is 3. The Morgan fingerprint density at radius 2 is 1.55 bits per heavy atom. The highest BCUT2D eigenvalue weighted by atomic mass is 32.1. The molecule has 6 heteroatoms. The third-order valence-corrected chi connectivity index (χ3v) is 6.55. The van der Waals surface area contributed by atoms with Crippen molar-refractivity contribution in [3.05, 3.63) is 84.7 Å². The maximum absolute atomic E-state index is 13.3. The van der Waals surface area contributed by atoms with E-state index in [4.69, 9.17) is 4.98 Å². The summed E-state index contributed by atoms with van der Waals surface area (Å²) in [5, 5.41) is 13.4. The Morgan fingerprint density at radius 1 is 0.939 bits per heavy atom. The Bertz CT molecular complexity index is 1210. The van der Waals surface area contributed by atoms with E-state index in [1.54, 1.807) is 12.1 Å². The number of nitrogens with one attached hydrogen (secondary N) is 1. The van der Waals surface area contributed by atoms with Crippen molar-refractivity contribution in [2.75, 3.05) is 11.9 Å². The predicted molar refractivity (Wildman–Crippen MR) is 133 cm³/mol. The molecule has 0 saturated carbocycles. The lowest BCUT2D eigenvalue weighted by molar-refractivity contribution is -0.141. The number of aliphatic carboxylic acids is 1. The fraction of sp³-hybridized carbons (Fsp3) is 0.185. The highest BCUT2D eigenvalue weighted by Gasteiger charge is 2.19. The molecular formula is C27H25FN2O2S. The molecule has 4 rings (SSSR count). The van der Waals surface area contributed by atoms with Crippen LogP contribution >= 0.6 is 11.3 Å². The summed E-state index contributed by atoms with van der Waals surface area (Å²) in [5.41, 5.74) is 4.82. The minimum absolute atomic E-state index is 0.255. The maximum Gasteiger partial charge on any atom is 0.308 e. The number of halogens is 1. The van der Waals surface area contributed by atoms with Crippen molar-refractivity contribution in [1.29, 1.82) is 0 Å². The molecule has 0 aliphatic rings. The zero-order chi connectivity index (χ0) is 23.2. The fourth-order valence-corrected chi connectivity index (χ4v) is 4.71. The molecule has 33 heavy (non-hydrogen) atoms. The van der Waals surface area contributed by atoms with E-state index in [-0.39, 0.29) is 5.82 Å². The number of rotatable bonds is 9. The van der Waals surface area contributed by atoms with Crippen LogP contribution in [-0.2, 0) is 4.79 Å². The first-order valence-electron chi connectivity index (χ1n) is 10.9. The number of carboxylic acids is 1. The molecule has 0 radical (unpaired) electrons. The average Bonchev–Trinajstić information content (AvgIpc) is 3.27. The van der Waals surface area contributed by atoms with E-state index < -0.39 is 11.9 Å². The van der Waals surface area contributed by atoms with Crippen molar-refractivity contribution in [2.24, 2.45) is 5.92 Å². The summed E-state index contributed by atoms with van der Waals surface area (Å²) < 4.78 is 13.3. The van der Waals surface area contributed by atoms with Crippen molar-refractivity contribution in [2.45, 2.75) is 19.8 Å². The lowest BCUT2D eigenvalue weighted by atomic mass is 10.0. The summed E-state index contributed by atoms with van der Waals surface area (Å²) in [6.07, 6.45) is 1.44. The van der Waals surface area contributed by atoms with Crippen LogP contribution in [0.15, 0.2) is 78.9 Å². The van der Waals surface area contributed by atoms with Crippen LogP contribution in [0.3, 0.4) is 0 Å². The molecule has 3 aromatic carbocycles. The smallest absolute Gasteiger partial charge is 0.308 e. The monoisotopic (exact) mass is 460 g/mol. The molecule has 0 bridgehead atoms. The molecule has 0 aliphatic heterocycles. The molecule has 0 fully saturated rings. The van der Waals surface area contributed by atoms with Crippen LogP contribution in [0.2, 0.25) is 0 Å². The molecule has 0 amide bonds. The zero-order valence-corrected chi connectivity index (χ0v) is 19.1. The molecule has 0 saturated heterocycles. The van der Waals surface area contributed by atoms with E-state index in [0.717, 1.165) is 39.2 Å². The SMILES string of the molecule is CCCC(CNc1nc(-c2ccc(-c3ccc(F)cc3)cc2)c(-c2ccccc2)s1)C(=O)O. The Kier molecular flexibility index (Phi) is 7.15. The quantitative estimate of drug-likeness (QED) is 0.277. The molecule has 0 aliphatic carbocycles. The highest BCUT2D eigenvalue weighted by molar-refractivity contribution is 7.19. The predicted octanol–water partition coefficient (Wildman–Crippen LogP) is 7.20. The van der Waals surface area contributed by atoms with Gasteiger partial charge in [0, 0.05) is 12.1 Å². The summed E-state index contributed by atoms with van der Waals surface area (Å²) >= 11 is 1.52. The molecule has 1 atom stereocenters. The molecule has 2 N–H and O–H groups in total. The molecule has 4 aromatic rings. The highest BCUT2D eigenvalue weighted by Crippen LogP contribution is 2.39. The van der Waals surface area contributed by atoms with E-state index in [2.05, 4.69) is 5.32 Å². The number of hydrogen-bond acceptors (Lipinski definition) is 4. The largest absolute Gasteiger partial charge is 0.481 e. The van der Waals surface area contributed by atoms with Gasteiger partial charge in [-0.15, -0.1) is 0 Å². The van der Waals surface area contributed by atoms with E-state index in [1.807, 2.05) is 61.5 Å². The fourth-order valence-electron chi connectivity index (χ4n) is 3.71. The summed E-state index contributed by atoms with van der Waals surface area (Å²) in [7, 11) is 0. The minimum Gasteiger partial charge on any atom is -0.481 e. The Morgan fingerprint density at radius 3 is 2.15 bits per heavy atom. The van der Waals surface area contributed by atoms with Gasteiger partial charge in [0.25, 0.3) is 0 Å². The molecule has 0 spiro atoms. The van der Waals surface area contributed by atoms with Gasteiger partial charge in [-0.1, -0.05) is 91.4 Å². The van der Waals surface area contributed by atoms with Gasteiger partial charge in [-0.25, -0.2) is 9.37 Å². The van der Waals surface area contributed by atoms with E-state index in [0.29, 0.717) is 18.1 Å². The number of carboxylic acid groups (broad SMARTS) is 1. The van der Waals surface area contributed by atoms with Crippen molar-refractivity contribution >= 4 is 22.4 Å². The number of nitrogens with zero attached hydrogens (tertiary/aromatic N) is 1. The summed E-state index contributed by atoms with van der Waals surface area (Å²) in [6.45, 7) is 2.33. The summed E-state index contributed by atoms with van der Waals surface area (Å²) in [4.78, 5) is 17.4. The van der Waals surface area contributed by atoms with Crippen LogP contribution in [0, 0.1) is 11.7 Å². The van der Waals surface area contributed by atoms with Crippen LogP contribution in [0.5, 0.6) is 0 Å². The van der Waals surface area contributed by atoms with Gasteiger partial charge in [0.05, 0.1) is 16.5 Å². The third kappa shape index (κ3) is 5.46. The Labute approximate surface area is 196 Å². The average molecular weight is 461 g/mol. The van der Waals surface area contributed by atoms with Crippen LogP contribution in [0.25, 0.3) is 32.8 Å². The number of anilines is 1. The first kappa shape index (κ1) is 22.7. The first-order chi connectivity index (χ1) is 16.0. The van der Waals surface area contributed by atoms with Crippen molar-refractivity contribution in [3.63, 3.8) is 0 Å². The molecular weight excluding hydrogens is 435 g/mol. The topological polar surface area (TPSA) is 62.2 Å². The van der Waals surface area contributed by atoms with Gasteiger partial charge in [-0.05, 0) is 35.2 Å². The maximum atomic E-state index is 13.3. The lowest BCUT2D eigenvalue weighted by Crippen LogP contribution is -2.22. The van der Waals surface area contributed by atoms with Crippen molar-refractivity contribution < 1.29 is 14.3 Å².